The fraction of sp³-hybridized carbons (Fsp3) is 0.800. The monoisotopic (exact) mass is 201 g/mol. The van der Waals surface area contributed by atoms with Gasteiger partial charge in [-0.25, -0.2) is 4.79 Å². The molecule has 0 aliphatic carbocycles. The minimum absolute atomic E-state index is 0.0667. The summed E-state index contributed by atoms with van der Waals surface area (Å²) >= 11 is 0. The second-order valence-corrected chi connectivity index (χ2v) is 3.74. The van der Waals surface area contributed by atoms with Gasteiger partial charge in [0.2, 0.25) is 5.91 Å². The van der Waals surface area contributed by atoms with Crippen LogP contribution in [-0.4, -0.2) is 34.5 Å². The van der Waals surface area contributed by atoms with Gasteiger partial charge in [-0.3, -0.25) is 4.79 Å². The van der Waals surface area contributed by atoms with E-state index in [1.54, 1.807) is 0 Å². The van der Waals surface area contributed by atoms with Crippen molar-refractivity contribution in [2.75, 3.05) is 6.54 Å². The first kappa shape index (κ1) is 12.9. The molecule has 0 saturated carbocycles. The smallest absolute Gasteiger partial charge is 0.326 e. The molecule has 0 heterocycles. The highest BCUT2D eigenvalue weighted by Crippen LogP contribution is 2.12. The minimum Gasteiger partial charge on any atom is -0.480 e. The summed E-state index contributed by atoms with van der Waals surface area (Å²) in [7, 11) is 0. The molecule has 82 valence electrons. The number of carbonyl (C=O) groups excluding carboxylic acids is 1. The lowest BCUT2D eigenvalue weighted by Crippen LogP contribution is -2.47. The molecule has 1 N–H and O–H groups in total. The number of carbonyl (C=O) groups is 2. The van der Waals surface area contributed by atoms with Crippen molar-refractivity contribution in [3.05, 3.63) is 0 Å². The summed E-state index contributed by atoms with van der Waals surface area (Å²) in [6, 6.07) is -0.701. The van der Waals surface area contributed by atoms with E-state index in [0.717, 1.165) is 6.42 Å². The average molecular weight is 201 g/mol. The molecule has 0 aromatic carbocycles. The summed E-state index contributed by atoms with van der Waals surface area (Å²) < 4.78 is 0. The highest BCUT2D eigenvalue weighted by Gasteiger charge is 2.29. The molecule has 1 atom stereocenters. The SMILES string of the molecule is CCCN(C(C)=O)C(C(=O)O)C(C)C. The van der Waals surface area contributed by atoms with E-state index in [4.69, 9.17) is 5.11 Å². The highest BCUT2D eigenvalue weighted by molar-refractivity contribution is 5.82. The highest BCUT2D eigenvalue weighted by atomic mass is 16.4. The standard InChI is InChI=1S/C10H19NO3/c1-5-6-11(8(4)12)9(7(2)3)10(13)14/h7,9H,5-6H2,1-4H3,(H,13,14). The van der Waals surface area contributed by atoms with Crippen LogP contribution in [0.3, 0.4) is 0 Å². The van der Waals surface area contributed by atoms with Gasteiger partial charge in [0.05, 0.1) is 0 Å². The zero-order valence-electron chi connectivity index (χ0n) is 9.28. The number of carboxylic acid groups (broad SMARTS) is 1. The Balaban J connectivity index is 4.73. The van der Waals surface area contributed by atoms with Gasteiger partial charge < -0.3 is 10.0 Å². The maximum absolute atomic E-state index is 11.2. The predicted octanol–water partition coefficient (Wildman–Crippen LogP) is 1.35. The van der Waals surface area contributed by atoms with Gasteiger partial charge in [-0.1, -0.05) is 20.8 Å². The zero-order valence-corrected chi connectivity index (χ0v) is 9.28. The molecule has 4 nitrogen and oxygen atoms in total. The van der Waals surface area contributed by atoms with Gasteiger partial charge >= 0.3 is 5.97 Å². The molecule has 0 radical (unpaired) electrons. The molecular formula is C10H19NO3. The quantitative estimate of drug-likeness (QED) is 0.730. The third-order valence-corrected chi connectivity index (χ3v) is 2.09. The molecule has 1 unspecified atom stereocenters. The van der Waals surface area contributed by atoms with Gasteiger partial charge in [0.1, 0.15) is 6.04 Å². The van der Waals surface area contributed by atoms with Crippen molar-refractivity contribution in [3.63, 3.8) is 0 Å². The van der Waals surface area contributed by atoms with Crippen LogP contribution in [0.15, 0.2) is 0 Å². The number of hydrogen-bond donors (Lipinski definition) is 1. The molecule has 4 heteroatoms. The van der Waals surface area contributed by atoms with Crippen molar-refractivity contribution < 1.29 is 14.7 Å². The molecule has 0 rings (SSSR count). The van der Waals surface area contributed by atoms with Gasteiger partial charge in [-0.05, 0) is 12.3 Å². The van der Waals surface area contributed by atoms with Crippen molar-refractivity contribution in [1.82, 2.24) is 4.90 Å². The number of rotatable bonds is 5. The maximum atomic E-state index is 11.2. The Labute approximate surface area is 84.9 Å². The first-order valence-corrected chi connectivity index (χ1v) is 4.91. The van der Waals surface area contributed by atoms with E-state index in [1.807, 2.05) is 20.8 Å². The Morgan fingerprint density at radius 1 is 1.36 bits per heavy atom. The molecule has 1 amide bonds. The largest absolute Gasteiger partial charge is 0.480 e. The normalized spacial score (nSPS) is 12.6. The summed E-state index contributed by atoms with van der Waals surface area (Å²) in [6.07, 6.45) is 0.774. The van der Waals surface area contributed by atoms with Gasteiger partial charge in [0.25, 0.3) is 0 Å². The van der Waals surface area contributed by atoms with Crippen molar-refractivity contribution in [2.24, 2.45) is 5.92 Å². The van der Waals surface area contributed by atoms with Crippen LogP contribution in [0.2, 0.25) is 0 Å². The molecule has 0 aromatic rings. The molecule has 0 aromatic heterocycles. The summed E-state index contributed by atoms with van der Waals surface area (Å²) in [5.74, 6) is -1.17. The molecule has 0 spiro atoms. The van der Waals surface area contributed by atoms with Crippen LogP contribution in [0.5, 0.6) is 0 Å². The lowest BCUT2D eigenvalue weighted by Gasteiger charge is -2.30. The Morgan fingerprint density at radius 3 is 2.07 bits per heavy atom. The summed E-state index contributed by atoms with van der Waals surface area (Å²) in [5, 5.41) is 9.00. The van der Waals surface area contributed by atoms with Crippen LogP contribution in [0.1, 0.15) is 34.1 Å². The molecule has 0 saturated heterocycles. The van der Waals surface area contributed by atoms with Gasteiger partial charge in [-0.2, -0.15) is 0 Å². The molecule has 0 aliphatic rings. The topological polar surface area (TPSA) is 57.6 Å². The summed E-state index contributed by atoms with van der Waals surface area (Å²) in [6.45, 7) is 7.46. The second kappa shape index (κ2) is 5.62. The van der Waals surface area contributed by atoms with Gasteiger partial charge in [0.15, 0.2) is 0 Å². The van der Waals surface area contributed by atoms with Crippen LogP contribution in [-0.2, 0) is 9.59 Å². The molecule has 0 bridgehead atoms. The van der Waals surface area contributed by atoms with Gasteiger partial charge in [-0.15, -0.1) is 0 Å². The third-order valence-electron chi connectivity index (χ3n) is 2.09. The van der Waals surface area contributed by atoms with Crippen LogP contribution < -0.4 is 0 Å². The van der Waals surface area contributed by atoms with E-state index in [9.17, 15) is 9.59 Å². The fourth-order valence-electron chi connectivity index (χ4n) is 1.51. The maximum Gasteiger partial charge on any atom is 0.326 e. The van der Waals surface area contributed by atoms with E-state index >= 15 is 0 Å². The first-order chi connectivity index (χ1) is 6.41. The van der Waals surface area contributed by atoms with E-state index in [0.29, 0.717) is 6.54 Å². The second-order valence-electron chi connectivity index (χ2n) is 3.74. The minimum atomic E-state index is -0.927. The van der Waals surface area contributed by atoms with Crippen molar-refractivity contribution in [2.45, 2.75) is 40.2 Å². The number of nitrogens with zero attached hydrogens (tertiary/aromatic N) is 1. The van der Waals surface area contributed by atoms with Crippen molar-refractivity contribution >= 4 is 11.9 Å². The van der Waals surface area contributed by atoms with Gasteiger partial charge in [0, 0.05) is 13.5 Å². The molecule has 0 fully saturated rings. The Bertz CT molecular complexity index is 213. The van der Waals surface area contributed by atoms with E-state index in [1.165, 1.54) is 11.8 Å². The third kappa shape index (κ3) is 3.36. The van der Waals surface area contributed by atoms with E-state index < -0.39 is 12.0 Å². The van der Waals surface area contributed by atoms with E-state index in [-0.39, 0.29) is 11.8 Å². The van der Waals surface area contributed by atoms with Crippen LogP contribution in [0, 0.1) is 5.92 Å². The molecule has 0 aliphatic heterocycles. The summed E-state index contributed by atoms with van der Waals surface area (Å²) in [4.78, 5) is 23.6. The fourth-order valence-corrected chi connectivity index (χ4v) is 1.51. The van der Waals surface area contributed by atoms with E-state index in [2.05, 4.69) is 0 Å². The molecule has 14 heavy (non-hydrogen) atoms. The molecular weight excluding hydrogens is 182 g/mol. The number of hydrogen-bond acceptors (Lipinski definition) is 2. The lowest BCUT2D eigenvalue weighted by atomic mass is 10.0. The average Bonchev–Trinajstić information content (AvgIpc) is 2.01. The Kier molecular flexibility index (Phi) is 5.20. The Hall–Kier alpha value is -1.06. The van der Waals surface area contributed by atoms with Crippen molar-refractivity contribution in [1.29, 1.82) is 0 Å². The first-order valence-electron chi connectivity index (χ1n) is 4.91. The Morgan fingerprint density at radius 2 is 1.86 bits per heavy atom. The zero-order chi connectivity index (χ0) is 11.3. The van der Waals surface area contributed by atoms with Crippen LogP contribution >= 0.6 is 0 Å². The predicted molar refractivity (Wildman–Crippen MR) is 53.9 cm³/mol. The number of carboxylic acids is 1. The summed E-state index contributed by atoms with van der Waals surface area (Å²) in [5.41, 5.74) is 0. The van der Waals surface area contributed by atoms with Crippen molar-refractivity contribution in [3.8, 4) is 0 Å². The number of aliphatic carboxylic acids is 1. The number of amides is 1. The lowest BCUT2D eigenvalue weighted by molar-refractivity contribution is -0.151. The van der Waals surface area contributed by atoms with Crippen LogP contribution in [0.25, 0.3) is 0 Å². The van der Waals surface area contributed by atoms with Crippen LogP contribution in [0.4, 0.5) is 0 Å².